The van der Waals surface area contributed by atoms with Crippen molar-refractivity contribution in [1.82, 2.24) is 15.1 Å². The maximum atomic E-state index is 12.6. The molecule has 1 atom stereocenters. The minimum absolute atomic E-state index is 0.0207. The summed E-state index contributed by atoms with van der Waals surface area (Å²) in [5.41, 5.74) is 6.34. The Morgan fingerprint density at radius 2 is 1.86 bits per heavy atom. The summed E-state index contributed by atoms with van der Waals surface area (Å²) in [6.07, 6.45) is 1.08. The van der Waals surface area contributed by atoms with Crippen LogP contribution < -0.4 is 10.1 Å². The van der Waals surface area contributed by atoms with E-state index in [9.17, 15) is 4.79 Å². The van der Waals surface area contributed by atoms with E-state index in [1.165, 1.54) is 0 Å². The second-order valence-corrected chi connectivity index (χ2v) is 7.43. The van der Waals surface area contributed by atoms with E-state index in [4.69, 9.17) is 4.74 Å². The summed E-state index contributed by atoms with van der Waals surface area (Å²) in [7, 11) is 1.65. The van der Waals surface area contributed by atoms with Crippen molar-refractivity contribution in [3.8, 4) is 11.4 Å². The summed E-state index contributed by atoms with van der Waals surface area (Å²) in [5, 5.41) is 7.77. The lowest BCUT2D eigenvalue weighted by atomic mass is 10.0. The number of aromatic nitrogens is 2. The summed E-state index contributed by atoms with van der Waals surface area (Å²) in [4.78, 5) is 12.6. The number of nitrogens with one attached hydrogen (secondary N) is 1. The highest BCUT2D eigenvalue weighted by molar-refractivity contribution is 5.77. The molecule has 2 aromatic carbocycles. The van der Waals surface area contributed by atoms with Crippen molar-refractivity contribution in [2.45, 2.75) is 46.6 Å². The lowest BCUT2D eigenvalue weighted by Gasteiger charge is -2.18. The van der Waals surface area contributed by atoms with E-state index in [1.807, 2.05) is 67.9 Å². The summed E-state index contributed by atoms with van der Waals surface area (Å²) in [6.45, 7) is 8.08. The van der Waals surface area contributed by atoms with E-state index in [0.717, 1.165) is 39.5 Å². The monoisotopic (exact) mass is 391 g/mol. The fourth-order valence-corrected chi connectivity index (χ4v) is 3.68. The molecule has 0 fully saturated rings. The lowest BCUT2D eigenvalue weighted by molar-refractivity contribution is -0.121. The Hall–Kier alpha value is -3.08. The zero-order valence-corrected chi connectivity index (χ0v) is 17.8. The average molecular weight is 392 g/mol. The van der Waals surface area contributed by atoms with Gasteiger partial charge in [-0.3, -0.25) is 4.79 Å². The second-order valence-electron chi connectivity index (χ2n) is 7.43. The molecule has 152 valence electrons. The van der Waals surface area contributed by atoms with Crippen LogP contribution in [-0.2, 0) is 11.2 Å². The smallest absolute Gasteiger partial charge is 0.220 e. The number of benzene rings is 2. The predicted molar refractivity (Wildman–Crippen MR) is 116 cm³/mol. The third-order valence-electron chi connectivity index (χ3n) is 5.27. The van der Waals surface area contributed by atoms with Gasteiger partial charge in [0.1, 0.15) is 5.75 Å². The minimum atomic E-state index is -0.119. The van der Waals surface area contributed by atoms with E-state index in [1.54, 1.807) is 7.11 Å². The number of nitrogens with zero attached hydrogens (tertiary/aromatic N) is 2. The summed E-state index contributed by atoms with van der Waals surface area (Å²) >= 11 is 0. The highest BCUT2D eigenvalue weighted by Crippen LogP contribution is 2.26. The van der Waals surface area contributed by atoms with Crippen LogP contribution in [0.4, 0.5) is 0 Å². The van der Waals surface area contributed by atoms with Crippen LogP contribution in [0.2, 0.25) is 0 Å². The van der Waals surface area contributed by atoms with E-state index < -0.39 is 0 Å². The summed E-state index contributed by atoms with van der Waals surface area (Å²) < 4.78 is 7.39. The molecular weight excluding hydrogens is 362 g/mol. The van der Waals surface area contributed by atoms with Gasteiger partial charge in [-0.25, -0.2) is 4.68 Å². The van der Waals surface area contributed by atoms with E-state index in [-0.39, 0.29) is 11.9 Å². The number of carbonyl (C=O) groups excluding carboxylic acids is 1. The van der Waals surface area contributed by atoms with E-state index in [0.29, 0.717) is 12.8 Å². The Labute approximate surface area is 172 Å². The molecule has 0 aliphatic rings. The molecule has 5 nitrogen and oxygen atoms in total. The molecule has 0 saturated heterocycles. The van der Waals surface area contributed by atoms with E-state index in [2.05, 4.69) is 23.4 Å². The van der Waals surface area contributed by atoms with Gasteiger partial charge >= 0.3 is 0 Å². The van der Waals surface area contributed by atoms with Gasteiger partial charge in [-0.15, -0.1) is 0 Å². The van der Waals surface area contributed by atoms with Crippen molar-refractivity contribution in [3.05, 3.63) is 76.6 Å². The van der Waals surface area contributed by atoms with Gasteiger partial charge in [0.25, 0.3) is 0 Å². The number of aryl methyl sites for hydroxylation is 2. The molecule has 1 heterocycles. The molecule has 1 amide bonds. The molecule has 1 aromatic heterocycles. The minimum Gasteiger partial charge on any atom is -0.496 e. The number of carbonyl (C=O) groups is 1. The molecule has 0 radical (unpaired) electrons. The van der Waals surface area contributed by atoms with Gasteiger partial charge in [-0.05, 0) is 57.9 Å². The van der Waals surface area contributed by atoms with Gasteiger partial charge in [-0.1, -0.05) is 35.9 Å². The van der Waals surface area contributed by atoms with Crippen LogP contribution in [0.5, 0.6) is 5.75 Å². The van der Waals surface area contributed by atoms with Crippen molar-refractivity contribution >= 4 is 5.91 Å². The third-order valence-corrected chi connectivity index (χ3v) is 5.27. The second kappa shape index (κ2) is 8.95. The number of ether oxygens (including phenoxy) is 1. The van der Waals surface area contributed by atoms with Crippen LogP contribution in [0.15, 0.2) is 48.5 Å². The lowest BCUT2D eigenvalue weighted by Crippen LogP contribution is -2.27. The average Bonchev–Trinajstić information content (AvgIpc) is 3.00. The van der Waals surface area contributed by atoms with E-state index >= 15 is 0 Å². The number of hydrogen-bond donors (Lipinski definition) is 1. The van der Waals surface area contributed by atoms with Gasteiger partial charge in [0, 0.05) is 17.7 Å². The van der Waals surface area contributed by atoms with Crippen molar-refractivity contribution in [3.63, 3.8) is 0 Å². The van der Waals surface area contributed by atoms with Gasteiger partial charge in [-0.2, -0.15) is 5.10 Å². The SMILES string of the molecule is COc1ccc(C)cc1[C@@H](C)NC(=O)CCc1c(C)nn(-c2ccccc2)c1C. The maximum Gasteiger partial charge on any atom is 0.220 e. The van der Waals surface area contributed by atoms with Crippen LogP contribution in [-0.4, -0.2) is 22.8 Å². The first-order valence-electron chi connectivity index (χ1n) is 9.95. The van der Waals surface area contributed by atoms with Gasteiger partial charge in [0.15, 0.2) is 0 Å². The molecule has 0 unspecified atom stereocenters. The Morgan fingerprint density at radius 3 is 2.55 bits per heavy atom. The Bertz CT molecular complexity index is 993. The molecule has 3 rings (SSSR count). The van der Waals surface area contributed by atoms with Crippen molar-refractivity contribution < 1.29 is 9.53 Å². The fraction of sp³-hybridized carbons (Fsp3) is 0.333. The highest BCUT2D eigenvalue weighted by atomic mass is 16.5. The third kappa shape index (κ3) is 4.67. The first-order valence-corrected chi connectivity index (χ1v) is 9.95. The van der Waals surface area contributed by atoms with Crippen LogP contribution in [0.3, 0.4) is 0 Å². The normalized spacial score (nSPS) is 11.9. The maximum absolute atomic E-state index is 12.6. The molecule has 1 N–H and O–H groups in total. The van der Waals surface area contributed by atoms with Gasteiger partial charge in [0.2, 0.25) is 5.91 Å². The number of amides is 1. The molecule has 29 heavy (non-hydrogen) atoms. The summed E-state index contributed by atoms with van der Waals surface area (Å²) in [6, 6.07) is 15.9. The summed E-state index contributed by atoms with van der Waals surface area (Å²) in [5.74, 6) is 0.812. The number of hydrogen-bond acceptors (Lipinski definition) is 3. The number of methoxy groups -OCH3 is 1. The fourth-order valence-electron chi connectivity index (χ4n) is 3.68. The molecule has 0 aliphatic carbocycles. The topological polar surface area (TPSA) is 56.1 Å². The van der Waals surface area contributed by atoms with Gasteiger partial charge in [0.05, 0.1) is 24.5 Å². The van der Waals surface area contributed by atoms with Crippen molar-refractivity contribution in [2.75, 3.05) is 7.11 Å². The van der Waals surface area contributed by atoms with Gasteiger partial charge < -0.3 is 10.1 Å². The van der Waals surface area contributed by atoms with Crippen LogP contribution >= 0.6 is 0 Å². The molecular formula is C24H29N3O2. The number of para-hydroxylation sites is 1. The molecule has 0 aliphatic heterocycles. The van der Waals surface area contributed by atoms with Crippen molar-refractivity contribution in [2.24, 2.45) is 0 Å². The molecule has 0 spiro atoms. The largest absolute Gasteiger partial charge is 0.496 e. The van der Waals surface area contributed by atoms with Crippen molar-refractivity contribution in [1.29, 1.82) is 0 Å². The predicted octanol–water partition coefficient (Wildman–Crippen LogP) is 4.62. The molecule has 0 bridgehead atoms. The standard InChI is InChI=1S/C24H29N3O2/c1-16-11-13-23(29-5)22(15-16)17(2)25-24(28)14-12-21-18(3)26-27(19(21)4)20-9-7-6-8-10-20/h6-11,13,15,17H,12,14H2,1-5H3,(H,25,28)/t17-/m1/s1. The Morgan fingerprint density at radius 1 is 1.14 bits per heavy atom. The Balaban J connectivity index is 1.67. The quantitative estimate of drug-likeness (QED) is 0.640. The zero-order valence-electron chi connectivity index (χ0n) is 17.8. The first kappa shape index (κ1) is 20.6. The molecule has 0 saturated carbocycles. The van der Waals surface area contributed by atoms with Crippen LogP contribution in [0.1, 0.15) is 47.5 Å². The van der Waals surface area contributed by atoms with Crippen LogP contribution in [0, 0.1) is 20.8 Å². The Kier molecular flexibility index (Phi) is 6.37. The highest BCUT2D eigenvalue weighted by Gasteiger charge is 2.17. The first-order chi connectivity index (χ1) is 13.9. The van der Waals surface area contributed by atoms with Crippen LogP contribution in [0.25, 0.3) is 5.69 Å². The molecule has 5 heteroatoms. The molecule has 3 aromatic rings. The zero-order chi connectivity index (χ0) is 21.0. The number of rotatable bonds is 7.